The third-order valence-corrected chi connectivity index (χ3v) is 2.23. The third kappa shape index (κ3) is 4.16. The van der Waals surface area contributed by atoms with Crippen molar-refractivity contribution < 1.29 is 19.1 Å². The highest BCUT2D eigenvalue weighted by Gasteiger charge is 2.26. The van der Waals surface area contributed by atoms with E-state index < -0.39 is 18.0 Å². The number of aromatic nitrogens is 1. The number of ether oxygens (including phenoxy) is 2. The van der Waals surface area contributed by atoms with Crippen LogP contribution in [0, 0.1) is 5.92 Å². The van der Waals surface area contributed by atoms with Crippen molar-refractivity contribution in [3.05, 3.63) is 30.1 Å². The minimum Gasteiger partial charge on any atom is -0.466 e. The van der Waals surface area contributed by atoms with Gasteiger partial charge in [-0.1, -0.05) is 19.9 Å². The van der Waals surface area contributed by atoms with Crippen LogP contribution in [0.15, 0.2) is 24.5 Å². The van der Waals surface area contributed by atoms with E-state index in [1.54, 1.807) is 18.3 Å². The molecule has 0 saturated carbocycles. The lowest BCUT2D eigenvalue weighted by atomic mass is 10.1. The second-order valence-electron chi connectivity index (χ2n) is 4.28. The molecule has 1 aromatic rings. The van der Waals surface area contributed by atoms with Crippen molar-refractivity contribution in [2.75, 3.05) is 7.11 Å². The van der Waals surface area contributed by atoms with Crippen LogP contribution in [0.5, 0.6) is 0 Å². The predicted octanol–water partition coefficient (Wildman–Crippen LogP) is 1.88. The Morgan fingerprint density at radius 2 is 2.11 bits per heavy atom. The summed E-state index contributed by atoms with van der Waals surface area (Å²) in [6.07, 6.45) is 2.26. The summed E-state index contributed by atoms with van der Waals surface area (Å²) in [4.78, 5) is 27.1. The molecule has 0 amide bonds. The summed E-state index contributed by atoms with van der Waals surface area (Å²) < 4.78 is 9.78. The zero-order valence-corrected chi connectivity index (χ0v) is 10.8. The summed E-state index contributed by atoms with van der Waals surface area (Å²) >= 11 is 0. The molecule has 0 radical (unpaired) electrons. The van der Waals surface area contributed by atoms with E-state index in [9.17, 15) is 9.59 Å². The zero-order valence-electron chi connectivity index (χ0n) is 10.8. The first-order valence-corrected chi connectivity index (χ1v) is 5.71. The van der Waals surface area contributed by atoms with Gasteiger partial charge in [-0.25, -0.2) is 4.79 Å². The van der Waals surface area contributed by atoms with E-state index in [0.29, 0.717) is 5.56 Å². The Balaban J connectivity index is 2.80. The molecule has 1 aromatic heterocycles. The molecular weight excluding hydrogens is 234 g/mol. The second kappa shape index (κ2) is 6.74. The molecule has 0 aliphatic rings. The Morgan fingerprint density at radius 3 is 2.61 bits per heavy atom. The second-order valence-corrected chi connectivity index (χ2v) is 4.28. The summed E-state index contributed by atoms with van der Waals surface area (Å²) in [5, 5.41) is 0. The van der Waals surface area contributed by atoms with Gasteiger partial charge in [-0.15, -0.1) is 0 Å². The molecule has 0 aliphatic carbocycles. The van der Waals surface area contributed by atoms with Crippen molar-refractivity contribution in [2.24, 2.45) is 5.92 Å². The van der Waals surface area contributed by atoms with Gasteiger partial charge in [0.2, 0.25) is 6.10 Å². The summed E-state index contributed by atoms with van der Waals surface area (Å²) in [6, 6.07) is 3.33. The number of pyridine rings is 1. The van der Waals surface area contributed by atoms with E-state index in [1.807, 2.05) is 13.8 Å². The Morgan fingerprint density at radius 1 is 1.39 bits per heavy atom. The van der Waals surface area contributed by atoms with Crippen molar-refractivity contribution in [2.45, 2.75) is 26.4 Å². The average Bonchev–Trinajstić information content (AvgIpc) is 2.35. The number of carbonyl (C=O) groups is 2. The molecule has 98 valence electrons. The maximum absolute atomic E-state index is 11.6. The lowest BCUT2D eigenvalue weighted by Crippen LogP contribution is -2.21. The van der Waals surface area contributed by atoms with E-state index in [0.717, 1.165) is 0 Å². The molecule has 0 saturated heterocycles. The van der Waals surface area contributed by atoms with E-state index >= 15 is 0 Å². The third-order valence-electron chi connectivity index (χ3n) is 2.23. The molecule has 0 spiro atoms. The van der Waals surface area contributed by atoms with Gasteiger partial charge in [0.25, 0.3) is 0 Å². The fraction of sp³-hybridized carbons (Fsp3) is 0.462. The SMILES string of the molecule is COC(=O)C(OC(=O)CC(C)C)c1cccnc1. The van der Waals surface area contributed by atoms with Gasteiger partial charge in [-0.05, 0) is 12.0 Å². The number of hydrogen-bond acceptors (Lipinski definition) is 5. The molecule has 1 atom stereocenters. The van der Waals surface area contributed by atoms with Crippen LogP contribution in [0.3, 0.4) is 0 Å². The number of methoxy groups -OCH3 is 1. The molecule has 1 unspecified atom stereocenters. The fourth-order valence-corrected chi connectivity index (χ4v) is 1.40. The van der Waals surface area contributed by atoms with Gasteiger partial charge in [0.1, 0.15) is 0 Å². The average molecular weight is 251 g/mol. The lowest BCUT2D eigenvalue weighted by molar-refractivity contribution is -0.167. The minimum atomic E-state index is -1.05. The molecule has 1 rings (SSSR count). The summed E-state index contributed by atoms with van der Waals surface area (Å²) in [5.74, 6) is -0.867. The molecule has 5 heteroatoms. The highest BCUT2D eigenvalue weighted by Crippen LogP contribution is 2.19. The van der Waals surface area contributed by atoms with Crippen LogP contribution in [0.4, 0.5) is 0 Å². The topological polar surface area (TPSA) is 65.5 Å². The predicted molar refractivity (Wildman–Crippen MR) is 64.5 cm³/mol. The zero-order chi connectivity index (χ0) is 13.5. The van der Waals surface area contributed by atoms with E-state index in [-0.39, 0.29) is 12.3 Å². The molecule has 5 nitrogen and oxygen atoms in total. The largest absolute Gasteiger partial charge is 0.466 e. The minimum absolute atomic E-state index is 0.171. The van der Waals surface area contributed by atoms with E-state index in [4.69, 9.17) is 4.74 Å². The van der Waals surface area contributed by atoms with E-state index in [2.05, 4.69) is 9.72 Å². The first-order valence-electron chi connectivity index (χ1n) is 5.71. The van der Waals surface area contributed by atoms with Crippen LogP contribution in [-0.4, -0.2) is 24.0 Å². The van der Waals surface area contributed by atoms with Gasteiger partial charge in [0.05, 0.1) is 7.11 Å². The highest BCUT2D eigenvalue weighted by atomic mass is 16.6. The monoisotopic (exact) mass is 251 g/mol. The van der Waals surface area contributed by atoms with Gasteiger partial charge in [0, 0.05) is 24.4 Å². The Kier molecular flexibility index (Phi) is 5.30. The maximum atomic E-state index is 11.6. The first-order chi connectivity index (χ1) is 8.54. The number of esters is 2. The van der Waals surface area contributed by atoms with Crippen LogP contribution in [0.1, 0.15) is 31.9 Å². The van der Waals surface area contributed by atoms with Gasteiger partial charge in [0.15, 0.2) is 0 Å². The van der Waals surface area contributed by atoms with Crippen LogP contribution in [-0.2, 0) is 19.1 Å². The molecule has 0 fully saturated rings. The van der Waals surface area contributed by atoms with Gasteiger partial charge in [-0.3, -0.25) is 9.78 Å². The molecule has 0 N–H and O–H groups in total. The summed E-state index contributed by atoms with van der Waals surface area (Å²) in [5.41, 5.74) is 0.501. The summed E-state index contributed by atoms with van der Waals surface area (Å²) in [7, 11) is 1.25. The normalized spacial score (nSPS) is 12.0. The van der Waals surface area contributed by atoms with Crippen LogP contribution < -0.4 is 0 Å². The molecule has 0 aromatic carbocycles. The van der Waals surface area contributed by atoms with Crippen molar-refractivity contribution >= 4 is 11.9 Å². The van der Waals surface area contributed by atoms with Gasteiger partial charge in [-0.2, -0.15) is 0 Å². The first kappa shape index (κ1) is 14.2. The standard InChI is InChI=1S/C13H17NO4/c1-9(2)7-11(15)18-12(13(16)17-3)10-5-4-6-14-8-10/h4-6,8-9,12H,7H2,1-3H3. The number of nitrogens with zero attached hydrogens (tertiary/aromatic N) is 1. The molecule has 18 heavy (non-hydrogen) atoms. The molecule has 0 bridgehead atoms. The molecular formula is C13H17NO4. The smallest absolute Gasteiger partial charge is 0.352 e. The van der Waals surface area contributed by atoms with Crippen molar-refractivity contribution in [1.82, 2.24) is 4.98 Å². The van der Waals surface area contributed by atoms with Crippen molar-refractivity contribution in [3.8, 4) is 0 Å². The number of rotatable bonds is 5. The molecule has 0 aliphatic heterocycles. The Bertz CT molecular complexity index is 403. The number of carbonyl (C=O) groups excluding carboxylic acids is 2. The van der Waals surface area contributed by atoms with Crippen molar-refractivity contribution in [1.29, 1.82) is 0 Å². The summed E-state index contributed by atoms with van der Waals surface area (Å²) in [6.45, 7) is 3.80. The van der Waals surface area contributed by atoms with Crippen LogP contribution in [0.25, 0.3) is 0 Å². The fourth-order valence-electron chi connectivity index (χ4n) is 1.40. The lowest BCUT2D eigenvalue weighted by Gasteiger charge is -2.16. The Labute approximate surface area is 106 Å². The van der Waals surface area contributed by atoms with Crippen LogP contribution >= 0.6 is 0 Å². The van der Waals surface area contributed by atoms with Gasteiger partial charge < -0.3 is 9.47 Å². The quantitative estimate of drug-likeness (QED) is 0.747. The van der Waals surface area contributed by atoms with Gasteiger partial charge >= 0.3 is 11.9 Å². The number of hydrogen-bond donors (Lipinski definition) is 0. The molecule has 1 heterocycles. The maximum Gasteiger partial charge on any atom is 0.352 e. The van der Waals surface area contributed by atoms with Crippen LogP contribution in [0.2, 0.25) is 0 Å². The van der Waals surface area contributed by atoms with Crippen molar-refractivity contribution in [3.63, 3.8) is 0 Å². The Hall–Kier alpha value is -1.91. The van der Waals surface area contributed by atoms with E-state index in [1.165, 1.54) is 13.3 Å². The highest BCUT2D eigenvalue weighted by molar-refractivity contribution is 5.80.